The van der Waals surface area contributed by atoms with Gasteiger partial charge in [0.15, 0.2) is 0 Å². The molecule has 0 spiro atoms. The maximum absolute atomic E-state index is 4.84. The fourth-order valence-electron chi connectivity index (χ4n) is 3.39. The zero-order valence-corrected chi connectivity index (χ0v) is 20.2. The van der Waals surface area contributed by atoms with Gasteiger partial charge in [-0.15, -0.1) is 11.3 Å². The number of thiazole rings is 1. The van der Waals surface area contributed by atoms with E-state index in [-0.39, 0.29) is 5.41 Å². The van der Waals surface area contributed by atoms with Gasteiger partial charge in [0, 0.05) is 30.0 Å². The number of hydrogen-bond donors (Lipinski definition) is 0. The molecule has 0 aliphatic carbocycles. The highest BCUT2D eigenvalue weighted by molar-refractivity contribution is 7.10. The van der Waals surface area contributed by atoms with E-state index >= 15 is 0 Å². The third-order valence-electron chi connectivity index (χ3n) is 5.67. The quantitative estimate of drug-likeness (QED) is 0.497. The molecule has 0 amide bonds. The predicted octanol–water partition coefficient (Wildman–Crippen LogP) is 5.60. The summed E-state index contributed by atoms with van der Waals surface area (Å²) in [6.45, 7) is 15.3. The summed E-state index contributed by atoms with van der Waals surface area (Å²) in [6, 6.07) is 4.70. The first-order valence-electron chi connectivity index (χ1n) is 10.7. The Kier molecular flexibility index (Phi) is 7.04. The van der Waals surface area contributed by atoms with Crippen LogP contribution >= 0.6 is 11.3 Å². The molecule has 0 atom stereocenters. The van der Waals surface area contributed by atoms with Crippen LogP contribution < -0.4 is 0 Å². The highest BCUT2D eigenvalue weighted by Crippen LogP contribution is 2.26. The number of benzene rings is 1. The van der Waals surface area contributed by atoms with E-state index < -0.39 is 0 Å². The van der Waals surface area contributed by atoms with Gasteiger partial charge in [0.25, 0.3) is 0 Å². The Morgan fingerprint density at radius 1 is 0.967 bits per heavy atom. The van der Waals surface area contributed by atoms with Crippen LogP contribution in [-0.2, 0) is 18.3 Å². The lowest BCUT2D eigenvalue weighted by molar-refractivity contribution is 0.357. The lowest BCUT2D eigenvalue weighted by Crippen LogP contribution is -2.20. The summed E-state index contributed by atoms with van der Waals surface area (Å²) in [5, 5.41) is 3.21. The lowest BCUT2D eigenvalue weighted by atomic mass is 9.93. The normalized spacial score (nSPS) is 12.0. The number of nitrogens with zero attached hydrogens (tertiary/aromatic N) is 4. The third-order valence-corrected chi connectivity index (χ3v) is 6.52. The van der Waals surface area contributed by atoms with Crippen LogP contribution in [0.5, 0.6) is 0 Å². The van der Waals surface area contributed by atoms with E-state index in [1.165, 1.54) is 22.3 Å². The van der Waals surface area contributed by atoms with Crippen molar-refractivity contribution in [2.45, 2.75) is 59.8 Å². The summed E-state index contributed by atoms with van der Waals surface area (Å²) in [5.41, 5.74) is 8.29. The number of aryl methyl sites for hydroxylation is 2. The second-order valence-electron chi connectivity index (χ2n) is 9.19. The molecule has 0 unspecified atom stereocenters. The first kappa shape index (κ1) is 22.6. The van der Waals surface area contributed by atoms with Gasteiger partial charge >= 0.3 is 0 Å². The molecule has 0 fully saturated rings. The molecule has 0 aliphatic heterocycles. The Hall–Kier alpha value is -2.11. The molecule has 5 heteroatoms. The van der Waals surface area contributed by atoms with E-state index in [2.05, 4.69) is 81.0 Å². The fourth-order valence-corrected chi connectivity index (χ4v) is 4.20. The molecule has 0 N–H and O–H groups in total. The Morgan fingerprint density at radius 3 is 2.30 bits per heavy atom. The van der Waals surface area contributed by atoms with Gasteiger partial charge in [-0.1, -0.05) is 39.8 Å². The van der Waals surface area contributed by atoms with Crippen molar-refractivity contribution in [1.29, 1.82) is 0 Å². The summed E-state index contributed by atoms with van der Waals surface area (Å²) in [6.07, 6.45) is 5.68. The van der Waals surface area contributed by atoms with Gasteiger partial charge in [-0.2, -0.15) is 0 Å². The van der Waals surface area contributed by atoms with Gasteiger partial charge in [0.05, 0.1) is 16.9 Å². The fraction of sp³-hybridized carbons (Fsp3) is 0.480. The Labute approximate surface area is 185 Å². The molecule has 0 aliphatic rings. The Bertz CT molecular complexity index is 983. The zero-order chi connectivity index (χ0) is 21.9. The van der Waals surface area contributed by atoms with E-state index in [9.17, 15) is 0 Å². The summed E-state index contributed by atoms with van der Waals surface area (Å²) < 4.78 is 0. The molecule has 4 nitrogen and oxygen atoms in total. The Balaban J connectivity index is 1.73. The first-order chi connectivity index (χ1) is 14.2. The van der Waals surface area contributed by atoms with E-state index in [1.807, 2.05) is 12.4 Å². The van der Waals surface area contributed by atoms with Crippen LogP contribution in [0.3, 0.4) is 0 Å². The average Bonchev–Trinajstić information content (AvgIpc) is 3.17. The predicted molar refractivity (Wildman–Crippen MR) is 127 cm³/mol. The largest absolute Gasteiger partial charge is 0.306 e. The van der Waals surface area contributed by atoms with Gasteiger partial charge < -0.3 is 4.90 Å². The molecular formula is C25H34N4S. The van der Waals surface area contributed by atoms with Crippen molar-refractivity contribution in [3.63, 3.8) is 0 Å². The molecule has 2 aromatic heterocycles. The maximum atomic E-state index is 4.84. The summed E-state index contributed by atoms with van der Waals surface area (Å²) in [5.74, 6) is 0. The minimum atomic E-state index is 0.00622. The van der Waals surface area contributed by atoms with E-state index in [0.29, 0.717) is 0 Å². The van der Waals surface area contributed by atoms with Crippen LogP contribution in [-0.4, -0.2) is 40.0 Å². The molecule has 3 rings (SSSR count). The van der Waals surface area contributed by atoms with Gasteiger partial charge in [-0.3, -0.25) is 9.97 Å². The molecule has 0 radical (unpaired) electrons. The van der Waals surface area contributed by atoms with E-state index in [1.54, 1.807) is 11.3 Å². The molecule has 0 bridgehead atoms. The minimum Gasteiger partial charge on any atom is -0.306 e. The second kappa shape index (κ2) is 9.36. The average molecular weight is 423 g/mol. The van der Waals surface area contributed by atoms with Crippen LogP contribution in [0.15, 0.2) is 29.9 Å². The van der Waals surface area contributed by atoms with Crippen LogP contribution in [0.2, 0.25) is 0 Å². The number of hydrogen-bond acceptors (Lipinski definition) is 5. The number of aromatic nitrogens is 3. The first-order valence-corrected chi connectivity index (χ1v) is 11.6. The number of rotatable bonds is 7. The summed E-state index contributed by atoms with van der Waals surface area (Å²) in [7, 11) is 2.18. The molecule has 0 saturated heterocycles. The third kappa shape index (κ3) is 5.52. The molecule has 160 valence electrons. The lowest BCUT2D eigenvalue weighted by Gasteiger charge is -2.16. The van der Waals surface area contributed by atoms with Crippen molar-refractivity contribution in [1.82, 2.24) is 19.9 Å². The topological polar surface area (TPSA) is 41.9 Å². The highest BCUT2D eigenvalue weighted by Gasteiger charge is 2.16. The van der Waals surface area contributed by atoms with Crippen molar-refractivity contribution in [3.05, 3.63) is 62.9 Å². The molecule has 0 saturated carbocycles. The molecule has 30 heavy (non-hydrogen) atoms. The van der Waals surface area contributed by atoms with Crippen LogP contribution in [0, 0.1) is 13.8 Å². The van der Waals surface area contributed by atoms with Gasteiger partial charge in [-0.05, 0) is 56.1 Å². The maximum Gasteiger partial charge on any atom is 0.108 e. The van der Waals surface area contributed by atoms with Gasteiger partial charge in [0.2, 0.25) is 0 Å². The molecule has 3 aromatic rings. The van der Waals surface area contributed by atoms with Crippen molar-refractivity contribution in [3.8, 4) is 11.4 Å². The monoisotopic (exact) mass is 422 g/mol. The summed E-state index contributed by atoms with van der Waals surface area (Å²) >= 11 is 1.70. The Morgan fingerprint density at radius 2 is 1.67 bits per heavy atom. The van der Waals surface area contributed by atoms with Gasteiger partial charge in [0.1, 0.15) is 11.4 Å². The minimum absolute atomic E-state index is 0.00622. The van der Waals surface area contributed by atoms with Gasteiger partial charge in [-0.25, -0.2) is 4.98 Å². The standard InChI is InChI=1S/C25H34N4S/c1-8-29(7)10-9-19-11-18(3)20(12-17(19)2)13-24-28-22(16-30-24)21-14-27-23(15-26-21)25(4,5)6/h11-12,14-16H,8-10,13H2,1-7H3. The van der Waals surface area contributed by atoms with Crippen LogP contribution in [0.1, 0.15) is 60.7 Å². The number of likely N-dealkylation sites (N-methyl/N-ethyl adjacent to an activating group) is 1. The SMILES string of the molecule is CCN(C)CCc1cc(C)c(Cc2nc(-c3cnc(C(C)(C)C)cn3)cs2)cc1C. The molecule has 2 heterocycles. The van der Waals surface area contributed by atoms with Crippen molar-refractivity contribution in [2.24, 2.45) is 0 Å². The van der Waals surface area contributed by atoms with Crippen LogP contribution in [0.4, 0.5) is 0 Å². The van der Waals surface area contributed by atoms with Crippen LogP contribution in [0.25, 0.3) is 11.4 Å². The smallest absolute Gasteiger partial charge is 0.108 e. The highest BCUT2D eigenvalue weighted by atomic mass is 32.1. The zero-order valence-electron chi connectivity index (χ0n) is 19.4. The van der Waals surface area contributed by atoms with Crippen molar-refractivity contribution < 1.29 is 0 Å². The second-order valence-corrected chi connectivity index (χ2v) is 10.1. The molecule has 1 aromatic carbocycles. The van der Waals surface area contributed by atoms with E-state index in [0.717, 1.165) is 48.0 Å². The summed E-state index contributed by atoms with van der Waals surface area (Å²) in [4.78, 5) is 16.4. The van der Waals surface area contributed by atoms with Crippen molar-refractivity contribution >= 4 is 11.3 Å². The van der Waals surface area contributed by atoms with Crippen molar-refractivity contribution in [2.75, 3.05) is 20.1 Å². The molecular weight excluding hydrogens is 388 g/mol. The van der Waals surface area contributed by atoms with E-state index in [4.69, 9.17) is 4.98 Å².